The van der Waals surface area contributed by atoms with Gasteiger partial charge in [-0.15, -0.1) is 0 Å². The van der Waals surface area contributed by atoms with Gasteiger partial charge in [-0.1, -0.05) is 27.7 Å². The van der Waals surface area contributed by atoms with Crippen molar-refractivity contribution in [3.05, 3.63) is 18.0 Å². The fourth-order valence-electron chi connectivity index (χ4n) is 2.12. The normalized spacial score (nSPS) is 15.2. The Balaban J connectivity index is 2.74. The van der Waals surface area contributed by atoms with E-state index in [4.69, 9.17) is 10.8 Å². The molecule has 0 aliphatic heterocycles. The molecule has 0 spiro atoms. The second-order valence-corrected chi connectivity index (χ2v) is 5.30. The number of nitrogens with two attached hydrogens (primary N) is 1. The van der Waals surface area contributed by atoms with E-state index < -0.39 is 0 Å². The summed E-state index contributed by atoms with van der Waals surface area (Å²) in [5, 5.41) is 4.69. The summed E-state index contributed by atoms with van der Waals surface area (Å²) < 4.78 is 2.11. The second kappa shape index (κ2) is 6.20. The zero-order valence-electron chi connectivity index (χ0n) is 11.7. The van der Waals surface area contributed by atoms with E-state index in [1.165, 1.54) is 5.69 Å². The van der Waals surface area contributed by atoms with Gasteiger partial charge in [0.25, 0.3) is 0 Å². The lowest BCUT2D eigenvalue weighted by molar-refractivity contribution is 0.314. The summed E-state index contributed by atoms with van der Waals surface area (Å²) >= 11 is 0. The van der Waals surface area contributed by atoms with Crippen LogP contribution in [0.15, 0.2) is 12.3 Å². The van der Waals surface area contributed by atoms with Crippen LogP contribution in [0.5, 0.6) is 0 Å². The first kappa shape index (κ1) is 14.2. The summed E-state index contributed by atoms with van der Waals surface area (Å²) in [4.78, 5) is 0. The SMILES string of the molecule is CCC(CC)n1ccc(CC(C)(CC)CN)n1. The number of aromatic nitrogens is 2. The quantitative estimate of drug-likeness (QED) is 0.791. The predicted octanol–water partition coefficient (Wildman–Crippen LogP) is 3.16. The number of nitrogens with zero attached hydrogens (tertiary/aromatic N) is 2. The third-order valence-corrected chi connectivity index (χ3v) is 3.93. The molecule has 0 radical (unpaired) electrons. The maximum Gasteiger partial charge on any atom is 0.0630 e. The number of hydrogen-bond acceptors (Lipinski definition) is 2. The summed E-state index contributed by atoms with van der Waals surface area (Å²) in [5.41, 5.74) is 7.21. The van der Waals surface area contributed by atoms with Gasteiger partial charge in [0.2, 0.25) is 0 Å². The first-order chi connectivity index (χ1) is 8.08. The molecule has 17 heavy (non-hydrogen) atoms. The van der Waals surface area contributed by atoms with Gasteiger partial charge in [0.1, 0.15) is 0 Å². The Morgan fingerprint density at radius 1 is 1.35 bits per heavy atom. The van der Waals surface area contributed by atoms with E-state index in [2.05, 4.69) is 44.6 Å². The van der Waals surface area contributed by atoms with Gasteiger partial charge in [0.15, 0.2) is 0 Å². The van der Waals surface area contributed by atoms with E-state index >= 15 is 0 Å². The highest BCUT2D eigenvalue weighted by Gasteiger charge is 2.22. The predicted molar refractivity (Wildman–Crippen MR) is 73.0 cm³/mol. The lowest BCUT2D eigenvalue weighted by atomic mass is 9.83. The molecule has 1 aromatic rings. The Labute approximate surface area is 105 Å². The van der Waals surface area contributed by atoms with Crippen molar-refractivity contribution >= 4 is 0 Å². The van der Waals surface area contributed by atoms with Crippen molar-refractivity contribution in [2.75, 3.05) is 6.54 Å². The van der Waals surface area contributed by atoms with Crippen LogP contribution in [0.3, 0.4) is 0 Å². The molecule has 1 heterocycles. The van der Waals surface area contributed by atoms with E-state index in [1.807, 2.05) is 0 Å². The maximum absolute atomic E-state index is 5.85. The van der Waals surface area contributed by atoms with Crippen molar-refractivity contribution in [1.82, 2.24) is 9.78 Å². The summed E-state index contributed by atoms with van der Waals surface area (Å²) in [7, 11) is 0. The van der Waals surface area contributed by atoms with Gasteiger partial charge in [-0.2, -0.15) is 5.10 Å². The average molecular weight is 237 g/mol. The number of hydrogen-bond donors (Lipinski definition) is 1. The van der Waals surface area contributed by atoms with Crippen molar-refractivity contribution in [2.24, 2.45) is 11.1 Å². The Hall–Kier alpha value is -0.830. The lowest BCUT2D eigenvalue weighted by Gasteiger charge is -2.25. The van der Waals surface area contributed by atoms with Crippen LogP contribution in [0.1, 0.15) is 58.7 Å². The first-order valence-electron chi connectivity index (χ1n) is 6.82. The second-order valence-electron chi connectivity index (χ2n) is 5.30. The molecular formula is C14H27N3. The van der Waals surface area contributed by atoms with Crippen molar-refractivity contribution in [1.29, 1.82) is 0 Å². The molecule has 98 valence electrons. The molecule has 1 atom stereocenters. The zero-order chi connectivity index (χ0) is 12.9. The average Bonchev–Trinajstić information content (AvgIpc) is 2.79. The summed E-state index contributed by atoms with van der Waals surface area (Å²) in [5.74, 6) is 0. The highest BCUT2D eigenvalue weighted by atomic mass is 15.3. The van der Waals surface area contributed by atoms with Gasteiger partial charge in [-0.25, -0.2) is 0 Å². The molecular weight excluding hydrogens is 210 g/mol. The lowest BCUT2D eigenvalue weighted by Crippen LogP contribution is -2.29. The minimum Gasteiger partial charge on any atom is -0.330 e. The van der Waals surface area contributed by atoms with Crippen LogP contribution in [0.25, 0.3) is 0 Å². The largest absolute Gasteiger partial charge is 0.330 e. The molecule has 0 amide bonds. The highest BCUT2D eigenvalue weighted by molar-refractivity contribution is 5.03. The molecule has 0 aliphatic rings. The van der Waals surface area contributed by atoms with Gasteiger partial charge < -0.3 is 5.73 Å². The third kappa shape index (κ3) is 3.56. The molecule has 0 fully saturated rings. The standard InChI is InChI=1S/C14H27N3/c1-5-13(6-2)17-9-8-12(16-17)10-14(4,7-3)11-15/h8-9,13H,5-7,10-11,15H2,1-4H3. The molecule has 2 N–H and O–H groups in total. The summed E-state index contributed by atoms with van der Waals surface area (Å²) in [6.45, 7) is 9.59. The minimum absolute atomic E-state index is 0.188. The molecule has 0 saturated carbocycles. The van der Waals surface area contributed by atoms with Crippen LogP contribution >= 0.6 is 0 Å². The van der Waals surface area contributed by atoms with Crippen LogP contribution in [0.2, 0.25) is 0 Å². The number of rotatable bonds is 7. The van der Waals surface area contributed by atoms with Crippen molar-refractivity contribution in [3.8, 4) is 0 Å². The topological polar surface area (TPSA) is 43.8 Å². The third-order valence-electron chi connectivity index (χ3n) is 3.93. The molecule has 0 bridgehead atoms. The van der Waals surface area contributed by atoms with Crippen molar-refractivity contribution < 1.29 is 0 Å². The van der Waals surface area contributed by atoms with E-state index in [9.17, 15) is 0 Å². The molecule has 0 aliphatic carbocycles. The minimum atomic E-state index is 0.188. The van der Waals surface area contributed by atoms with Gasteiger partial charge in [0.05, 0.1) is 11.7 Å². The molecule has 0 saturated heterocycles. The van der Waals surface area contributed by atoms with Crippen LogP contribution in [-0.2, 0) is 6.42 Å². The van der Waals surface area contributed by atoms with Gasteiger partial charge in [0, 0.05) is 6.20 Å². The van der Waals surface area contributed by atoms with Crippen molar-refractivity contribution in [2.45, 2.75) is 59.4 Å². The van der Waals surface area contributed by atoms with Gasteiger partial charge >= 0.3 is 0 Å². The highest BCUT2D eigenvalue weighted by Crippen LogP contribution is 2.25. The van der Waals surface area contributed by atoms with Crippen molar-refractivity contribution in [3.63, 3.8) is 0 Å². The molecule has 1 rings (SSSR count). The van der Waals surface area contributed by atoms with Crippen LogP contribution in [-0.4, -0.2) is 16.3 Å². The first-order valence-corrected chi connectivity index (χ1v) is 6.82. The fourth-order valence-corrected chi connectivity index (χ4v) is 2.12. The van der Waals surface area contributed by atoms with Crippen LogP contribution < -0.4 is 5.73 Å². The Kier molecular flexibility index (Phi) is 5.19. The molecule has 0 aromatic carbocycles. The molecule has 1 unspecified atom stereocenters. The van der Waals surface area contributed by atoms with E-state index in [-0.39, 0.29) is 5.41 Å². The maximum atomic E-state index is 5.85. The Bertz CT molecular complexity index is 322. The smallest absolute Gasteiger partial charge is 0.0630 e. The molecule has 3 nitrogen and oxygen atoms in total. The van der Waals surface area contributed by atoms with E-state index in [1.54, 1.807) is 0 Å². The zero-order valence-corrected chi connectivity index (χ0v) is 11.7. The summed E-state index contributed by atoms with van der Waals surface area (Å²) in [6, 6.07) is 2.68. The van der Waals surface area contributed by atoms with Gasteiger partial charge in [-0.05, 0) is 43.7 Å². The van der Waals surface area contributed by atoms with Gasteiger partial charge in [-0.3, -0.25) is 4.68 Å². The van der Waals surface area contributed by atoms with Crippen LogP contribution in [0, 0.1) is 5.41 Å². The van der Waals surface area contributed by atoms with E-state index in [0.29, 0.717) is 6.04 Å². The monoisotopic (exact) mass is 237 g/mol. The molecule has 1 aromatic heterocycles. The van der Waals surface area contributed by atoms with E-state index in [0.717, 1.165) is 32.2 Å². The van der Waals surface area contributed by atoms with Crippen LogP contribution in [0.4, 0.5) is 0 Å². The Morgan fingerprint density at radius 2 is 2.00 bits per heavy atom. The summed E-state index contributed by atoms with van der Waals surface area (Å²) in [6.07, 6.45) is 6.47. The molecule has 3 heteroatoms. The Morgan fingerprint density at radius 3 is 2.47 bits per heavy atom. The fraction of sp³-hybridized carbons (Fsp3) is 0.786.